The van der Waals surface area contributed by atoms with Crippen LogP contribution in [0.1, 0.15) is 6.42 Å². The molecule has 0 radical (unpaired) electrons. The van der Waals surface area contributed by atoms with Gasteiger partial charge in [0, 0.05) is 0 Å². The molecule has 0 saturated carbocycles. The first-order chi connectivity index (χ1) is 7.81. The zero-order valence-electron chi connectivity index (χ0n) is 9.14. The third-order valence-corrected chi connectivity index (χ3v) is 5.35. The predicted molar refractivity (Wildman–Crippen MR) is 61.8 cm³/mol. The van der Waals surface area contributed by atoms with Crippen LogP contribution in [0.25, 0.3) is 0 Å². The quantitative estimate of drug-likeness (QED) is 0.786. The van der Waals surface area contributed by atoms with Crippen molar-refractivity contribution >= 4 is 19.4 Å². The van der Waals surface area contributed by atoms with Gasteiger partial charge in [-0.05, 0) is 0 Å². The van der Waals surface area contributed by atoms with Crippen molar-refractivity contribution in [2.75, 3.05) is 13.7 Å². The minimum absolute atomic E-state index is 0.0573. The van der Waals surface area contributed by atoms with Gasteiger partial charge in [0.1, 0.15) is 0 Å². The molecule has 1 heterocycles. The van der Waals surface area contributed by atoms with Gasteiger partial charge in [-0.25, -0.2) is 0 Å². The molecule has 0 bridgehead atoms. The Balaban J connectivity index is 2.05. The monoisotopic (exact) mass is 290 g/mol. The van der Waals surface area contributed by atoms with Crippen molar-refractivity contribution < 1.29 is 13.9 Å². The van der Waals surface area contributed by atoms with Crippen molar-refractivity contribution in [3.8, 4) is 0 Å². The van der Waals surface area contributed by atoms with Crippen LogP contribution in [0.4, 0.5) is 4.39 Å². The summed E-state index contributed by atoms with van der Waals surface area (Å²) < 4.78 is 25.7. The second-order valence-corrected chi connectivity index (χ2v) is 6.30. The molecule has 1 aromatic carbocycles. The van der Waals surface area contributed by atoms with Crippen LogP contribution in [-0.2, 0) is 9.47 Å². The van der Waals surface area contributed by atoms with E-state index in [-0.39, 0.29) is 26.1 Å². The Bertz CT molecular complexity index is 320. The van der Waals surface area contributed by atoms with E-state index < -0.39 is 6.17 Å². The molecule has 1 saturated heterocycles. The summed E-state index contributed by atoms with van der Waals surface area (Å²) >= 11 is 0.0573. The predicted octanol–water partition coefficient (Wildman–Crippen LogP) is 1.54. The Morgan fingerprint density at radius 2 is 2.12 bits per heavy atom. The SMILES string of the molecule is CO[C@@H]1OCC[C@H](F)[C@H]1[Se]c1ccccc1. The summed E-state index contributed by atoms with van der Waals surface area (Å²) in [7, 11) is 1.58. The number of hydrogen-bond acceptors (Lipinski definition) is 2. The van der Waals surface area contributed by atoms with Crippen LogP contribution in [0.3, 0.4) is 0 Å². The molecule has 0 spiro atoms. The van der Waals surface area contributed by atoms with E-state index >= 15 is 0 Å². The topological polar surface area (TPSA) is 18.5 Å². The molecule has 2 rings (SSSR count). The van der Waals surface area contributed by atoms with Gasteiger partial charge < -0.3 is 0 Å². The zero-order chi connectivity index (χ0) is 11.4. The Morgan fingerprint density at radius 1 is 1.38 bits per heavy atom. The van der Waals surface area contributed by atoms with Gasteiger partial charge in [-0.2, -0.15) is 0 Å². The summed E-state index contributed by atoms with van der Waals surface area (Å²) in [6.45, 7) is 0.459. The fourth-order valence-corrected chi connectivity index (χ4v) is 4.26. The number of methoxy groups -OCH3 is 1. The minimum atomic E-state index is -0.807. The van der Waals surface area contributed by atoms with Gasteiger partial charge in [-0.1, -0.05) is 0 Å². The van der Waals surface area contributed by atoms with Gasteiger partial charge in [0.05, 0.1) is 0 Å². The third kappa shape index (κ3) is 2.83. The first-order valence-corrected chi connectivity index (χ1v) is 7.16. The van der Waals surface area contributed by atoms with Gasteiger partial charge in [0.2, 0.25) is 0 Å². The molecule has 0 unspecified atom stereocenters. The molecule has 0 N–H and O–H groups in total. The average molecular weight is 289 g/mol. The van der Waals surface area contributed by atoms with Gasteiger partial charge in [0.15, 0.2) is 0 Å². The molecule has 0 amide bonds. The van der Waals surface area contributed by atoms with E-state index in [4.69, 9.17) is 9.47 Å². The molecule has 3 atom stereocenters. The molecule has 4 heteroatoms. The summed E-state index contributed by atoms with van der Waals surface area (Å²) in [6, 6.07) is 10.0. The number of alkyl halides is 1. The van der Waals surface area contributed by atoms with Crippen LogP contribution in [0, 0.1) is 0 Å². The summed E-state index contributed by atoms with van der Waals surface area (Å²) in [4.78, 5) is -0.131. The van der Waals surface area contributed by atoms with Crippen molar-refractivity contribution in [2.45, 2.75) is 23.7 Å². The van der Waals surface area contributed by atoms with E-state index in [1.54, 1.807) is 7.11 Å². The van der Waals surface area contributed by atoms with Crippen LogP contribution in [0.15, 0.2) is 30.3 Å². The Labute approximate surface area is 101 Å². The summed E-state index contributed by atoms with van der Waals surface area (Å²) in [6.07, 6.45) is -0.707. The molecule has 1 aliphatic rings. The van der Waals surface area contributed by atoms with E-state index in [0.29, 0.717) is 13.0 Å². The van der Waals surface area contributed by atoms with Gasteiger partial charge in [0.25, 0.3) is 0 Å². The van der Waals surface area contributed by atoms with Crippen LogP contribution in [-0.4, -0.2) is 41.1 Å². The summed E-state index contributed by atoms with van der Waals surface area (Å²) in [5.41, 5.74) is 0. The van der Waals surface area contributed by atoms with Crippen LogP contribution < -0.4 is 4.46 Å². The summed E-state index contributed by atoms with van der Waals surface area (Å²) in [5, 5.41) is 0. The number of halogens is 1. The van der Waals surface area contributed by atoms with Crippen molar-refractivity contribution in [1.82, 2.24) is 0 Å². The van der Waals surface area contributed by atoms with Crippen molar-refractivity contribution in [2.24, 2.45) is 0 Å². The first kappa shape index (κ1) is 12.1. The van der Waals surface area contributed by atoms with Gasteiger partial charge in [-0.3, -0.25) is 0 Å². The third-order valence-electron chi connectivity index (χ3n) is 2.55. The van der Waals surface area contributed by atoms with Crippen LogP contribution >= 0.6 is 0 Å². The average Bonchev–Trinajstić information content (AvgIpc) is 2.33. The van der Waals surface area contributed by atoms with Crippen molar-refractivity contribution in [1.29, 1.82) is 0 Å². The zero-order valence-corrected chi connectivity index (χ0v) is 10.8. The molecule has 0 aromatic heterocycles. The van der Waals surface area contributed by atoms with E-state index in [9.17, 15) is 4.39 Å². The maximum atomic E-state index is 13.8. The number of rotatable bonds is 3. The number of hydrogen-bond donors (Lipinski definition) is 0. The van der Waals surface area contributed by atoms with E-state index in [1.807, 2.05) is 30.3 Å². The Hall–Kier alpha value is -0.411. The van der Waals surface area contributed by atoms with Crippen LogP contribution in [0.2, 0.25) is 4.82 Å². The first-order valence-electron chi connectivity index (χ1n) is 5.31. The Morgan fingerprint density at radius 3 is 2.81 bits per heavy atom. The fourth-order valence-electron chi connectivity index (χ4n) is 1.71. The fraction of sp³-hybridized carbons (Fsp3) is 0.500. The molecule has 1 aromatic rings. The molecular weight excluding hydrogens is 274 g/mol. The Kier molecular flexibility index (Phi) is 4.36. The summed E-state index contributed by atoms with van der Waals surface area (Å²) in [5.74, 6) is 0. The second-order valence-electron chi connectivity index (χ2n) is 3.68. The van der Waals surface area contributed by atoms with Crippen LogP contribution in [0.5, 0.6) is 0 Å². The molecule has 1 fully saturated rings. The second kappa shape index (κ2) is 5.78. The molecule has 1 aliphatic heterocycles. The van der Waals surface area contributed by atoms with Crippen molar-refractivity contribution in [3.05, 3.63) is 30.3 Å². The molecular formula is C12H15FO2Se. The van der Waals surface area contributed by atoms with E-state index in [2.05, 4.69) is 0 Å². The number of ether oxygens (including phenoxy) is 2. The van der Waals surface area contributed by atoms with E-state index in [1.165, 1.54) is 4.46 Å². The van der Waals surface area contributed by atoms with Gasteiger partial charge in [-0.15, -0.1) is 0 Å². The molecule has 16 heavy (non-hydrogen) atoms. The maximum absolute atomic E-state index is 13.8. The standard InChI is InChI=1S/C12H15FO2Se/c1-14-12-11(10(13)7-8-15-12)16-9-5-3-2-4-6-9/h2-6,10-12H,7-8H2,1H3/t10-,11+,12+/m0/s1. The number of benzene rings is 1. The molecule has 2 nitrogen and oxygen atoms in total. The van der Waals surface area contributed by atoms with Gasteiger partial charge >= 0.3 is 101 Å². The van der Waals surface area contributed by atoms with Crippen molar-refractivity contribution in [3.63, 3.8) is 0 Å². The molecule has 0 aliphatic carbocycles. The molecule has 88 valence electrons. The van der Waals surface area contributed by atoms with E-state index in [0.717, 1.165) is 0 Å². The normalized spacial score (nSPS) is 30.2.